The van der Waals surface area contributed by atoms with E-state index in [1.165, 1.54) is 0 Å². The van der Waals surface area contributed by atoms with Gasteiger partial charge in [-0.2, -0.15) is 0 Å². The van der Waals surface area contributed by atoms with Gasteiger partial charge in [-0.15, -0.1) is 0 Å². The summed E-state index contributed by atoms with van der Waals surface area (Å²) < 4.78 is 16.2. The minimum atomic E-state index is -1.05. The molecule has 2 aliphatic rings. The predicted molar refractivity (Wildman–Crippen MR) is 84.1 cm³/mol. The van der Waals surface area contributed by atoms with E-state index in [1.807, 2.05) is 7.05 Å². The summed E-state index contributed by atoms with van der Waals surface area (Å²) >= 11 is 0. The molecule has 0 aromatic heterocycles. The quantitative estimate of drug-likeness (QED) is 0.787. The average molecular weight is 328 g/mol. The fraction of sp³-hybridized carbons (Fsp3) is 0.875. The molecule has 0 saturated carbocycles. The number of esters is 1. The summed E-state index contributed by atoms with van der Waals surface area (Å²) in [7, 11) is 2.03. The molecule has 0 aromatic rings. The third-order valence-electron chi connectivity index (χ3n) is 4.35. The lowest BCUT2D eigenvalue weighted by Gasteiger charge is -2.50. The second-order valence-electron chi connectivity index (χ2n) is 7.35. The fourth-order valence-corrected chi connectivity index (χ4v) is 3.26. The molecular weight excluding hydrogens is 300 g/mol. The molecule has 0 spiro atoms. The average Bonchev–Trinajstić information content (AvgIpc) is 2.38. The van der Waals surface area contributed by atoms with Gasteiger partial charge in [0.05, 0.1) is 19.8 Å². The number of rotatable bonds is 3. The van der Waals surface area contributed by atoms with Crippen molar-refractivity contribution in [1.82, 2.24) is 10.2 Å². The Balaban J connectivity index is 2.20. The van der Waals surface area contributed by atoms with Crippen LogP contribution in [0.25, 0.3) is 0 Å². The van der Waals surface area contributed by atoms with Crippen molar-refractivity contribution in [2.24, 2.45) is 0 Å². The third-order valence-corrected chi connectivity index (χ3v) is 4.35. The van der Waals surface area contributed by atoms with Crippen LogP contribution in [0.15, 0.2) is 0 Å². The summed E-state index contributed by atoms with van der Waals surface area (Å²) in [5.74, 6) is -0.393. The van der Waals surface area contributed by atoms with Crippen molar-refractivity contribution in [3.05, 3.63) is 0 Å². The predicted octanol–water partition coefficient (Wildman–Crippen LogP) is 1.31. The number of likely N-dealkylation sites (N-methyl/N-ethyl adjacent to an activating group) is 1. The van der Waals surface area contributed by atoms with E-state index in [2.05, 4.69) is 10.2 Å². The maximum Gasteiger partial charge on any atom is 0.408 e. The Morgan fingerprint density at radius 3 is 2.30 bits per heavy atom. The van der Waals surface area contributed by atoms with E-state index in [0.29, 0.717) is 26.1 Å². The van der Waals surface area contributed by atoms with Crippen LogP contribution in [0.4, 0.5) is 4.79 Å². The minimum absolute atomic E-state index is 0.0712. The number of amides is 1. The SMILES string of the molecule is CCOC(=O)C1(NC(=O)OC(C)(C)C)CC2COCC(C1)N2C. The summed E-state index contributed by atoms with van der Waals surface area (Å²) in [4.78, 5) is 27.1. The summed E-state index contributed by atoms with van der Waals surface area (Å²) in [6.45, 7) is 8.51. The molecule has 0 aliphatic carbocycles. The monoisotopic (exact) mass is 328 g/mol. The Labute approximate surface area is 137 Å². The molecule has 2 unspecified atom stereocenters. The fourth-order valence-electron chi connectivity index (χ4n) is 3.26. The van der Waals surface area contributed by atoms with Crippen LogP contribution >= 0.6 is 0 Å². The van der Waals surface area contributed by atoms with Gasteiger partial charge in [-0.25, -0.2) is 9.59 Å². The van der Waals surface area contributed by atoms with Crippen molar-refractivity contribution in [1.29, 1.82) is 0 Å². The molecule has 2 saturated heterocycles. The zero-order valence-corrected chi connectivity index (χ0v) is 14.7. The number of morpholine rings is 1. The molecule has 2 fully saturated rings. The molecule has 7 heteroatoms. The molecule has 2 aliphatic heterocycles. The van der Waals surface area contributed by atoms with Gasteiger partial charge in [0.2, 0.25) is 0 Å². The number of nitrogens with zero attached hydrogens (tertiary/aromatic N) is 1. The van der Waals surface area contributed by atoms with Crippen molar-refractivity contribution >= 4 is 12.1 Å². The van der Waals surface area contributed by atoms with E-state index in [-0.39, 0.29) is 18.7 Å². The zero-order chi connectivity index (χ0) is 17.3. The zero-order valence-electron chi connectivity index (χ0n) is 14.7. The van der Waals surface area contributed by atoms with Crippen LogP contribution in [-0.2, 0) is 19.0 Å². The van der Waals surface area contributed by atoms with Crippen LogP contribution < -0.4 is 5.32 Å². The van der Waals surface area contributed by atoms with Crippen LogP contribution in [0.5, 0.6) is 0 Å². The summed E-state index contributed by atoms with van der Waals surface area (Å²) in [6.07, 6.45) is 0.324. The maximum atomic E-state index is 12.6. The molecule has 1 amide bonds. The van der Waals surface area contributed by atoms with Crippen LogP contribution in [0.2, 0.25) is 0 Å². The van der Waals surface area contributed by atoms with Gasteiger partial charge in [-0.05, 0) is 47.6 Å². The van der Waals surface area contributed by atoms with Gasteiger partial charge < -0.3 is 19.5 Å². The molecule has 2 rings (SSSR count). The van der Waals surface area contributed by atoms with Crippen LogP contribution in [0.1, 0.15) is 40.5 Å². The molecule has 132 valence electrons. The van der Waals surface area contributed by atoms with Gasteiger partial charge in [0.25, 0.3) is 0 Å². The highest BCUT2D eigenvalue weighted by molar-refractivity contribution is 5.86. The Hall–Kier alpha value is -1.34. The van der Waals surface area contributed by atoms with Crippen LogP contribution in [0, 0.1) is 0 Å². The lowest BCUT2D eigenvalue weighted by molar-refractivity contribution is -0.161. The third kappa shape index (κ3) is 4.14. The molecule has 23 heavy (non-hydrogen) atoms. The van der Waals surface area contributed by atoms with Crippen molar-refractivity contribution in [3.8, 4) is 0 Å². The van der Waals surface area contributed by atoms with Crippen molar-refractivity contribution in [3.63, 3.8) is 0 Å². The normalized spacial score (nSPS) is 31.3. The minimum Gasteiger partial charge on any atom is -0.464 e. The highest BCUT2D eigenvalue weighted by atomic mass is 16.6. The number of fused-ring (bicyclic) bond motifs is 2. The molecule has 0 radical (unpaired) electrons. The molecule has 2 heterocycles. The smallest absolute Gasteiger partial charge is 0.408 e. The number of hydrogen-bond donors (Lipinski definition) is 1. The Morgan fingerprint density at radius 2 is 1.83 bits per heavy atom. The van der Waals surface area contributed by atoms with Crippen molar-refractivity contribution < 1.29 is 23.8 Å². The van der Waals surface area contributed by atoms with E-state index >= 15 is 0 Å². The van der Waals surface area contributed by atoms with Crippen molar-refractivity contribution in [2.45, 2.75) is 63.8 Å². The summed E-state index contributed by atoms with van der Waals surface area (Å²) in [5.41, 5.74) is -1.67. The van der Waals surface area contributed by atoms with E-state index in [1.54, 1.807) is 27.7 Å². The molecule has 2 bridgehead atoms. The number of alkyl carbamates (subject to hydrolysis) is 1. The Morgan fingerprint density at radius 1 is 1.26 bits per heavy atom. The number of ether oxygens (including phenoxy) is 3. The van der Waals surface area contributed by atoms with Gasteiger partial charge in [0.15, 0.2) is 0 Å². The number of piperidine rings is 1. The van der Waals surface area contributed by atoms with Gasteiger partial charge in [0, 0.05) is 12.1 Å². The second kappa shape index (κ2) is 6.65. The molecule has 7 nitrogen and oxygen atoms in total. The highest BCUT2D eigenvalue weighted by Crippen LogP contribution is 2.34. The first-order chi connectivity index (χ1) is 10.7. The number of hydrogen-bond acceptors (Lipinski definition) is 6. The Kier molecular flexibility index (Phi) is 5.20. The molecule has 1 N–H and O–H groups in total. The molecule has 0 aromatic carbocycles. The van der Waals surface area contributed by atoms with Gasteiger partial charge in [-0.1, -0.05) is 0 Å². The lowest BCUT2D eigenvalue weighted by atomic mass is 9.78. The number of nitrogens with one attached hydrogen (secondary N) is 1. The van der Waals surface area contributed by atoms with Crippen LogP contribution in [0.3, 0.4) is 0 Å². The van der Waals surface area contributed by atoms with Crippen LogP contribution in [-0.4, -0.2) is 67.1 Å². The van der Waals surface area contributed by atoms with Crippen molar-refractivity contribution in [2.75, 3.05) is 26.9 Å². The molecular formula is C16H28N2O5. The van der Waals surface area contributed by atoms with Gasteiger partial charge in [0.1, 0.15) is 11.1 Å². The van der Waals surface area contributed by atoms with E-state index in [9.17, 15) is 9.59 Å². The standard InChI is InChI=1S/C16H28N2O5/c1-6-22-13(19)16(17-14(20)23-15(2,3)4)7-11-9-21-10-12(8-16)18(11)5/h11-12H,6-10H2,1-5H3,(H,17,20). The largest absolute Gasteiger partial charge is 0.464 e. The molecule has 2 atom stereocenters. The van der Waals surface area contributed by atoms with Gasteiger partial charge >= 0.3 is 12.1 Å². The lowest BCUT2D eigenvalue weighted by Crippen LogP contribution is -2.68. The van der Waals surface area contributed by atoms with E-state index in [0.717, 1.165) is 0 Å². The first-order valence-electron chi connectivity index (χ1n) is 8.15. The maximum absolute atomic E-state index is 12.6. The second-order valence-corrected chi connectivity index (χ2v) is 7.35. The number of carbonyl (C=O) groups excluding carboxylic acids is 2. The first kappa shape index (κ1) is 18.0. The highest BCUT2D eigenvalue weighted by Gasteiger charge is 2.52. The van der Waals surface area contributed by atoms with E-state index in [4.69, 9.17) is 14.2 Å². The first-order valence-corrected chi connectivity index (χ1v) is 8.15. The topological polar surface area (TPSA) is 77.1 Å². The van der Waals surface area contributed by atoms with Gasteiger partial charge in [-0.3, -0.25) is 4.90 Å². The summed E-state index contributed by atoms with van der Waals surface area (Å²) in [5, 5.41) is 2.80. The van der Waals surface area contributed by atoms with E-state index < -0.39 is 23.2 Å². The number of carbonyl (C=O) groups is 2. The summed E-state index contributed by atoms with van der Waals surface area (Å²) in [6, 6.07) is 0.142. The Bertz CT molecular complexity index is 446.